The third kappa shape index (κ3) is 4.16. The molecule has 0 bridgehead atoms. The third-order valence-electron chi connectivity index (χ3n) is 5.41. The van der Waals surface area contributed by atoms with Gasteiger partial charge in [0.25, 0.3) is 0 Å². The minimum Gasteiger partial charge on any atom is -0.356 e. The topological polar surface area (TPSA) is 67.2 Å². The number of hydrogen-bond acceptors (Lipinski definition) is 3. The first-order valence-corrected chi connectivity index (χ1v) is 9.16. The van der Waals surface area contributed by atoms with Crippen LogP contribution in [0.3, 0.4) is 0 Å². The fourth-order valence-corrected chi connectivity index (χ4v) is 3.85. The van der Waals surface area contributed by atoms with Gasteiger partial charge < -0.3 is 14.8 Å². The molecule has 1 aromatic rings. The van der Waals surface area contributed by atoms with E-state index in [4.69, 9.17) is 0 Å². The van der Waals surface area contributed by atoms with Crippen LogP contribution in [0.5, 0.6) is 0 Å². The predicted octanol–water partition coefficient (Wildman–Crippen LogP) is 1.82. The first kappa shape index (κ1) is 17.0. The molecule has 6 heteroatoms. The number of amides is 2. The van der Waals surface area contributed by atoms with Crippen LogP contribution in [0.2, 0.25) is 0 Å². The maximum atomic E-state index is 12.3. The van der Waals surface area contributed by atoms with Crippen LogP contribution in [-0.2, 0) is 16.1 Å². The van der Waals surface area contributed by atoms with E-state index >= 15 is 0 Å². The Hall–Kier alpha value is -1.85. The van der Waals surface area contributed by atoms with Crippen molar-refractivity contribution in [3.8, 4) is 0 Å². The molecule has 24 heavy (non-hydrogen) atoms. The lowest BCUT2D eigenvalue weighted by Gasteiger charge is -2.33. The van der Waals surface area contributed by atoms with Crippen molar-refractivity contribution in [3.05, 3.63) is 18.7 Å². The highest BCUT2D eigenvalue weighted by Gasteiger charge is 2.38. The molecule has 2 amide bonds. The summed E-state index contributed by atoms with van der Waals surface area (Å²) in [5.41, 5.74) is 0. The normalized spacial score (nSPS) is 27.5. The number of nitrogens with zero attached hydrogens (tertiary/aromatic N) is 3. The van der Waals surface area contributed by atoms with Crippen LogP contribution >= 0.6 is 0 Å². The van der Waals surface area contributed by atoms with Crippen molar-refractivity contribution in [3.63, 3.8) is 0 Å². The number of imidazole rings is 1. The lowest BCUT2D eigenvalue weighted by atomic mass is 9.87. The van der Waals surface area contributed by atoms with Gasteiger partial charge >= 0.3 is 0 Å². The molecule has 1 aliphatic heterocycles. The molecular formula is C18H28N4O2. The van der Waals surface area contributed by atoms with E-state index in [1.54, 1.807) is 12.5 Å². The fraction of sp³-hybridized carbons (Fsp3) is 0.722. The smallest absolute Gasteiger partial charge is 0.225 e. The molecule has 3 rings (SSSR count). The zero-order chi connectivity index (χ0) is 16.9. The van der Waals surface area contributed by atoms with Gasteiger partial charge in [0.1, 0.15) is 0 Å². The van der Waals surface area contributed by atoms with E-state index in [-0.39, 0.29) is 17.7 Å². The Bertz CT molecular complexity index is 549. The molecule has 2 heterocycles. The first-order chi connectivity index (χ1) is 11.6. The van der Waals surface area contributed by atoms with Gasteiger partial charge in [-0.25, -0.2) is 4.98 Å². The van der Waals surface area contributed by atoms with Crippen LogP contribution in [0, 0.1) is 11.8 Å². The molecule has 132 valence electrons. The maximum absolute atomic E-state index is 12.3. The van der Waals surface area contributed by atoms with Gasteiger partial charge in [-0.3, -0.25) is 9.59 Å². The van der Waals surface area contributed by atoms with Crippen molar-refractivity contribution >= 4 is 11.8 Å². The summed E-state index contributed by atoms with van der Waals surface area (Å²) in [5.74, 6) is 0.785. The summed E-state index contributed by atoms with van der Waals surface area (Å²) in [7, 11) is 0. The third-order valence-corrected chi connectivity index (χ3v) is 5.41. The van der Waals surface area contributed by atoms with Crippen LogP contribution in [0.4, 0.5) is 0 Å². The van der Waals surface area contributed by atoms with E-state index in [9.17, 15) is 9.59 Å². The van der Waals surface area contributed by atoms with Crippen molar-refractivity contribution in [1.82, 2.24) is 19.8 Å². The summed E-state index contributed by atoms with van der Waals surface area (Å²) in [4.78, 5) is 30.6. The maximum Gasteiger partial charge on any atom is 0.225 e. The molecule has 2 aliphatic rings. The Morgan fingerprint density at radius 2 is 2.12 bits per heavy atom. The van der Waals surface area contributed by atoms with E-state index < -0.39 is 0 Å². The SMILES string of the molecule is CC1CCC(N2C[C@@H](C(=O)NCCCn3ccnc3)CC2=O)CC1. The van der Waals surface area contributed by atoms with Gasteiger partial charge in [0.05, 0.1) is 12.2 Å². The van der Waals surface area contributed by atoms with Gasteiger partial charge in [-0.05, 0) is 38.0 Å². The molecule has 1 saturated heterocycles. The van der Waals surface area contributed by atoms with Gasteiger partial charge in [-0.1, -0.05) is 6.92 Å². The van der Waals surface area contributed by atoms with E-state index in [2.05, 4.69) is 17.2 Å². The zero-order valence-electron chi connectivity index (χ0n) is 14.5. The predicted molar refractivity (Wildman–Crippen MR) is 91.1 cm³/mol. The number of hydrogen-bond donors (Lipinski definition) is 1. The highest BCUT2D eigenvalue weighted by molar-refractivity contribution is 5.89. The second-order valence-corrected chi connectivity index (χ2v) is 7.31. The molecule has 1 N–H and O–H groups in total. The number of aromatic nitrogens is 2. The summed E-state index contributed by atoms with van der Waals surface area (Å²) in [5, 5.41) is 2.99. The summed E-state index contributed by atoms with van der Waals surface area (Å²) in [6.45, 7) is 4.37. The van der Waals surface area contributed by atoms with E-state index in [1.165, 1.54) is 12.8 Å². The molecule has 0 radical (unpaired) electrons. The quantitative estimate of drug-likeness (QED) is 0.808. The van der Waals surface area contributed by atoms with E-state index in [1.807, 2.05) is 15.7 Å². The highest BCUT2D eigenvalue weighted by Crippen LogP contribution is 2.31. The fourth-order valence-electron chi connectivity index (χ4n) is 3.85. The molecule has 0 spiro atoms. The number of nitrogens with one attached hydrogen (secondary N) is 1. The molecule has 0 unspecified atom stereocenters. The second kappa shape index (κ2) is 7.81. The van der Waals surface area contributed by atoms with Crippen molar-refractivity contribution < 1.29 is 9.59 Å². The Kier molecular flexibility index (Phi) is 5.53. The van der Waals surface area contributed by atoms with E-state index in [0.29, 0.717) is 25.6 Å². The number of likely N-dealkylation sites (tertiary alicyclic amines) is 1. The standard InChI is InChI=1S/C18H28N4O2/c1-14-3-5-16(6-4-14)22-12-15(11-17(22)23)18(24)20-7-2-9-21-10-8-19-13-21/h8,10,13-16H,2-7,9,11-12H2,1H3,(H,20,24)/t14?,15-,16?/m0/s1. The Balaban J connectivity index is 1.40. The lowest BCUT2D eigenvalue weighted by Crippen LogP contribution is -2.40. The Morgan fingerprint density at radius 3 is 2.83 bits per heavy atom. The number of rotatable bonds is 6. The minimum atomic E-state index is -0.176. The highest BCUT2D eigenvalue weighted by atomic mass is 16.2. The van der Waals surface area contributed by atoms with Gasteiger partial charge in [0.2, 0.25) is 11.8 Å². The van der Waals surface area contributed by atoms with Gasteiger partial charge in [0, 0.05) is 44.5 Å². The summed E-state index contributed by atoms with van der Waals surface area (Å²) in [6, 6.07) is 0.354. The van der Waals surface area contributed by atoms with Crippen molar-refractivity contribution in [2.45, 2.75) is 58.0 Å². The van der Waals surface area contributed by atoms with Crippen LogP contribution < -0.4 is 5.32 Å². The van der Waals surface area contributed by atoms with Gasteiger partial charge in [-0.15, -0.1) is 0 Å². The van der Waals surface area contributed by atoms with Crippen molar-refractivity contribution in [1.29, 1.82) is 0 Å². The molecule has 2 fully saturated rings. The van der Waals surface area contributed by atoms with Crippen LogP contribution in [-0.4, -0.2) is 45.4 Å². The molecule has 1 aromatic heterocycles. The summed E-state index contributed by atoms with van der Waals surface area (Å²) < 4.78 is 2.00. The van der Waals surface area contributed by atoms with Crippen molar-refractivity contribution in [2.24, 2.45) is 11.8 Å². The Morgan fingerprint density at radius 1 is 1.33 bits per heavy atom. The number of carbonyl (C=O) groups excluding carboxylic acids is 2. The number of carbonyl (C=O) groups is 2. The average Bonchev–Trinajstić information content (AvgIpc) is 3.22. The molecule has 1 saturated carbocycles. The molecule has 1 atom stereocenters. The van der Waals surface area contributed by atoms with Crippen LogP contribution in [0.1, 0.15) is 45.4 Å². The summed E-state index contributed by atoms with van der Waals surface area (Å²) in [6.07, 6.45) is 11.3. The molecular weight excluding hydrogens is 304 g/mol. The molecule has 6 nitrogen and oxygen atoms in total. The number of aryl methyl sites for hydroxylation is 1. The van der Waals surface area contributed by atoms with Crippen LogP contribution in [0.25, 0.3) is 0 Å². The first-order valence-electron chi connectivity index (χ1n) is 9.16. The second-order valence-electron chi connectivity index (χ2n) is 7.31. The van der Waals surface area contributed by atoms with Gasteiger partial charge in [0.15, 0.2) is 0 Å². The van der Waals surface area contributed by atoms with Crippen molar-refractivity contribution in [2.75, 3.05) is 13.1 Å². The summed E-state index contributed by atoms with van der Waals surface area (Å²) >= 11 is 0. The Labute approximate surface area is 143 Å². The average molecular weight is 332 g/mol. The minimum absolute atomic E-state index is 0.0284. The zero-order valence-corrected chi connectivity index (χ0v) is 14.5. The lowest BCUT2D eigenvalue weighted by molar-refractivity contribution is -0.130. The largest absolute Gasteiger partial charge is 0.356 e. The van der Waals surface area contributed by atoms with Gasteiger partial charge in [-0.2, -0.15) is 0 Å². The van der Waals surface area contributed by atoms with E-state index in [0.717, 1.165) is 31.7 Å². The molecule has 1 aliphatic carbocycles. The monoisotopic (exact) mass is 332 g/mol. The van der Waals surface area contributed by atoms with Crippen LogP contribution in [0.15, 0.2) is 18.7 Å². The molecule has 0 aromatic carbocycles.